The number of sulfonamides is 1. The number of carbonyl (C=O) groups is 1. The number of amides is 1. The van der Waals surface area contributed by atoms with Crippen molar-refractivity contribution in [2.45, 2.75) is 30.1 Å². The molecule has 9 nitrogen and oxygen atoms in total. The molecule has 26 heavy (non-hydrogen) atoms. The van der Waals surface area contributed by atoms with Crippen LogP contribution in [0, 0.1) is 5.82 Å². The van der Waals surface area contributed by atoms with E-state index < -0.39 is 21.9 Å². The van der Waals surface area contributed by atoms with Gasteiger partial charge >= 0.3 is 6.01 Å². The van der Waals surface area contributed by atoms with Crippen molar-refractivity contribution in [3.63, 3.8) is 0 Å². The summed E-state index contributed by atoms with van der Waals surface area (Å²) in [6.07, 6.45) is 3.99. The van der Waals surface area contributed by atoms with Gasteiger partial charge in [-0.05, 0) is 12.8 Å². The van der Waals surface area contributed by atoms with Crippen molar-refractivity contribution in [1.82, 2.24) is 19.3 Å². The number of thiazole rings is 1. The van der Waals surface area contributed by atoms with E-state index in [2.05, 4.69) is 20.3 Å². The number of hydrogen-bond donors (Lipinski definition) is 1. The molecule has 1 unspecified atom stereocenters. The number of hydrogen-bond acceptors (Lipinski definition) is 8. The van der Waals surface area contributed by atoms with Crippen LogP contribution in [0.1, 0.15) is 19.8 Å². The highest BCUT2D eigenvalue weighted by atomic mass is 32.2. The smallest absolute Gasteiger partial charge is 0.316 e. The summed E-state index contributed by atoms with van der Waals surface area (Å²) in [4.78, 5) is 22.4. The SMILES string of the molecule is CC(=O)Nc1ncc(S(=O)(=O)N2CCCC(Oc3ncc(F)cn3)C2)s1. The fourth-order valence-corrected chi connectivity index (χ4v) is 5.19. The summed E-state index contributed by atoms with van der Waals surface area (Å²) in [6.45, 7) is 1.79. The van der Waals surface area contributed by atoms with Crippen molar-refractivity contribution in [2.75, 3.05) is 18.4 Å². The van der Waals surface area contributed by atoms with Gasteiger partial charge in [0.15, 0.2) is 15.2 Å². The second-order valence-corrected chi connectivity index (χ2v) is 8.79. The van der Waals surface area contributed by atoms with E-state index >= 15 is 0 Å². The van der Waals surface area contributed by atoms with Gasteiger partial charge in [-0.1, -0.05) is 11.3 Å². The number of ether oxygens (including phenoxy) is 1. The van der Waals surface area contributed by atoms with Crippen LogP contribution in [0.5, 0.6) is 6.01 Å². The van der Waals surface area contributed by atoms with Gasteiger partial charge in [0.25, 0.3) is 10.0 Å². The Morgan fingerprint density at radius 2 is 2.08 bits per heavy atom. The lowest BCUT2D eigenvalue weighted by Crippen LogP contribution is -2.44. The lowest BCUT2D eigenvalue weighted by atomic mass is 10.1. The van der Waals surface area contributed by atoms with Crippen LogP contribution >= 0.6 is 11.3 Å². The van der Waals surface area contributed by atoms with Crippen molar-refractivity contribution in [1.29, 1.82) is 0 Å². The van der Waals surface area contributed by atoms with Crippen molar-refractivity contribution >= 4 is 32.4 Å². The highest BCUT2D eigenvalue weighted by Gasteiger charge is 2.33. The lowest BCUT2D eigenvalue weighted by molar-refractivity contribution is -0.114. The molecular formula is C14H16FN5O4S2. The van der Waals surface area contributed by atoms with Gasteiger partial charge in [0.05, 0.1) is 25.1 Å². The summed E-state index contributed by atoms with van der Waals surface area (Å²) in [7, 11) is -3.75. The minimum Gasteiger partial charge on any atom is -0.459 e. The van der Waals surface area contributed by atoms with Gasteiger partial charge in [-0.25, -0.2) is 27.8 Å². The maximum Gasteiger partial charge on any atom is 0.316 e. The van der Waals surface area contributed by atoms with Gasteiger partial charge in [0.2, 0.25) is 5.91 Å². The third-order valence-electron chi connectivity index (χ3n) is 3.57. The second-order valence-electron chi connectivity index (χ2n) is 5.59. The van der Waals surface area contributed by atoms with Gasteiger partial charge in [0, 0.05) is 13.5 Å². The molecule has 0 radical (unpaired) electrons. The molecule has 3 heterocycles. The van der Waals surface area contributed by atoms with Crippen LogP contribution in [-0.4, -0.2) is 52.8 Å². The Morgan fingerprint density at radius 1 is 1.35 bits per heavy atom. The second kappa shape index (κ2) is 7.60. The predicted molar refractivity (Wildman–Crippen MR) is 90.8 cm³/mol. The third kappa shape index (κ3) is 4.31. The van der Waals surface area contributed by atoms with E-state index in [9.17, 15) is 17.6 Å². The molecule has 3 rings (SSSR count). The first kappa shape index (κ1) is 18.6. The van der Waals surface area contributed by atoms with Crippen LogP contribution in [0.25, 0.3) is 0 Å². The Balaban J connectivity index is 1.70. The van der Waals surface area contributed by atoms with Crippen molar-refractivity contribution < 1.29 is 22.3 Å². The number of rotatable bonds is 5. The first-order valence-corrected chi connectivity index (χ1v) is 9.98. The Morgan fingerprint density at radius 3 is 2.77 bits per heavy atom. The zero-order valence-electron chi connectivity index (χ0n) is 13.8. The summed E-state index contributed by atoms with van der Waals surface area (Å²) < 4.78 is 45.3. The Kier molecular flexibility index (Phi) is 5.44. The van der Waals surface area contributed by atoms with E-state index in [1.54, 1.807) is 0 Å². The molecule has 0 aromatic carbocycles. The van der Waals surface area contributed by atoms with Gasteiger partial charge in [-0.15, -0.1) is 0 Å². The van der Waals surface area contributed by atoms with E-state index in [-0.39, 0.29) is 27.8 Å². The van der Waals surface area contributed by atoms with E-state index in [1.807, 2.05) is 0 Å². The molecule has 0 saturated carbocycles. The van der Waals surface area contributed by atoms with Crippen LogP contribution in [0.3, 0.4) is 0 Å². The minimum atomic E-state index is -3.75. The molecule has 1 atom stereocenters. The number of anilines is 1. The molecule has 1 saturated heterocycles. The van der Waals surface area contributed by atoms with Crippen LogP contribution in [-0.2, 0) is 14.8 Å². The van der Waals surface area contributed by atoms with E-state index in [4.69, 9.17) is 4.74 Å². The Bertz CT molecular complexity index is 887. The molecular weight excluding hydrogens is 385 g/mol. The molecule has 0 aliphatic carbocycles. The molecule has 0 spiro atoms. The first-order chi connectivity index (χ1) is 12.3. The molecule has 1 N–H and O–H groups in total. The summed E-state index contributed by atoms with van der Waals surface area (Å²) in [5.74, 6) is -0.903. The zero-order chi connectivity index (χ0) is 18.7. The first-order valence-electron chi connectivity index (χ1n) is 7.72. The maximum absolute atomic E-state index is 12.9. The lowest BCUT2D eigenvalue weighted by Gasteiger charge is -2.30. The van der Waals surface area contributed by atoms with Crippen LogP contribution < -0.4 is 10.1 Å². The Hall–Kier alpha value is -2.18. The number of piperidine rings is 1. The molecule has 1 aliphatic rings. The normalized spacial score (nSPS) is 18.5. The fourth-order valence-electron chi connectivity index (χ4n) is 2.44. The van der Waals surface area contributed by atoms with Gasteiger partial charge in [-0.2, -0.15) is 4.31 Å². The van der Waals surface area contributed by atoms with Gasteiger partial charge in [0.1, 0.15) is 6.10 Å². The predicted octanol–water partition coefficient (Wildman–Crippen LogP) is 1.26. The molecule has 1 aliphatic heterocycles. The summed E-state index contributed by atoms with van der Waals surface area (Å²) in [6, 6.07) is 0.00128. The monoisotopic (exact) mass is 401 g/mol. The average molecular weight is 401 g/mol. The number of nitrogens with zero attached hydrogens (tertiary/aromatic N) is 4. The molecule has 140 valence electrons. The molecule has 2 aromatic heterocycles. The highest BCUT2D eigenvalue weighted by molar-refractivity contribution is 7.91. The number of nitrogens with one attached hydrogen (secondary N) is 1. The molecule has 0 bridgehead atoms. The van der Waals surface area contributed by atoms with Gasteiger partial charge in [-0.3, -0.25) is 4.79 Å². The van der Waals surface area contributed by atoms with E-state index in [1.165, 1.54) is 17.4 Å². The largest absolute Gasteiger partial charge is 0.459 e. The molecule has 1 amide bonds. The average Bonchev–Trinajstić information content (AvgIpc) is 3.06. The van der Waals surface area contributed by atoms with Crippen molar-refractivity contribution in [3.8, 4) is 6.01 Å². The van der Waals surface area contributed by atoms with Crippen LogP contribution in [0.4, 0.5) is 9.52 Å². The number of aromatic nitrogens is 3. The third-order valence-corrected chi connectivity index (χ3v) is 6.79. The van der Waals surface area contributed by atoms with Crippen LogP contribution in [0.15, 0.2) is 22.8 Å². The molecule has 1 fully saturated rings. The highest BCUT2D eigenvalue weighted by Crippen LogP contribution is 2.28. The van der Waals surface area contributed by atoms with Crippen LogP contribution in [0.2, 0.25) is 0 Å². The quantitative estimate of drug-likeness (QED) is 0.802. The Labute approximate surface area is 153 Å². The standard InChI is InChI=1S/C14H16FN5O4S2/c1-9(21)19-14-18-7-12(25-14)26(22,23)20-4-2-3-11(8-20)24-13-16-5-10(15)6-17-13/h5-7,11H,2-4,8H2,1H3,(H,18,19,21). The molecule has 2 aromatic rings. The maximum atomic E-state index is 12.9. The van der Waals surface area contributed by atoms with E-state index in [0.717, 1.165) is 23.7 Å². The van der Waals surface area contributed by atoms with Crippen molar-refractivity contribution in [3.05, 3.63) is 24.4 Å². The van der Waals surface area contributed by atoms with E-state index in [0.29, 0.717) is 19.4 Å². The minimum absolute atomic E-state index is 0.00128. The van der Waals surface area contributed by atoms with Crippen molar-refractivity contribution in [2.24, 2.45) is 0 Å². The topological polar surface area (TPSA) is 114 Å². The van der Waals surface area contributed by atoms with Gasteiger partial charge < -0.3 is 10.1 Å². The number of carbonyl (C=O) groups excluding carboxylic acids is 1. The molecule has 12 heteroatoms. The number of halogens is 1. The summed E-state index contributed by atoms with van der Waals surface area (Å²) >= 11 is 0.889. The fraction of sp³-hybridized carbons (Fsp3) is 0.429. The summed E-state index contributed by atoms with van der Waals surface area (Å²) in [5, 5.41) is 2.68. The summed E-state index contributed by atoms with van der Waals surface area (Å²) in [5.41, 5.74) is 0. The zero-order valence-corrected chi connectivity index (χ0v) is 15.4.